The zero-order valence-electron chi connectivity index (χ0n) is 16.9. The molecule has 2 aliphatic rings. The fourth-order valence-corrected chi connectivity index (χ4v) is 4.56. The molecule has 1 aliphatic heterocycles. The summed E-state index contributed by atoms with van der Waals surface area (Å²) in [6.07, 6.45) is 8.18. The van der Waals surface area contributed by atoms with E-state index in [1.807, 2.05) is 25.5 Å². The lowest BCUT2D eigenvalue weighted by molar-refractivity contribution is 0.290. The van der Waals surface area contributed by atoms with Crippen LogP contribution in [0.2, 0.25) is 5.02 Å². The van der Waals surface area contributed by atoms with Crippen LogP contribution in [0.15, 0.2) is 48.2 Å². The van der Waals surface area contributed by atoms with Crippen LogP contribution in [0.4, 0.5) is 4.39 Å². The van der Waals surface area contributed by atoms with E-state index < -0.39 is 0 Å². The van der Waals surface area contributed by atoms with Crippen LogP contribution in [0, 0.1) is 19.3 Å². The lowest BCUT2D eigenvalue weighted by Crippen LogP contribution is -2.27. The van der Waals surface area contributed by atoms with Gasteiger partial charge in [-0.25, -0.2) is 19.3 Å². The Labute approximate surface area is 179 Å². The number of fused-ring (bicyclic) bond motifs is 1. The first-order chi connectivity index (χ1) is 14.5. The van der Waals surface area contributed by atoms with Gasteiger partial charge in [0.15, 0.2) is 5.82 Å². The number of benzene rings is 1. The summed E-state index contributed by atoms with van der Waals surface area (Å²) in [6, 6.07) is 5.70. The number of aromatic amines is 1. The standard InChI is InChI=1S/C23H22ClFN5/c1-13-6-9-30(20-11-15(25)4-5-16(20)22-26-7-3-8-27-22)21(13)23-28-18-10-14(2)17(24)12-19(18)29-23/h3,5,7-8,10-13,21H,4,6,9H2,1-2H3,(H,28,29)/t13-,21-/m0/s1. The van der Waals surface area contributed by atoms with Gasteiger partial charge in [0.25, 0.3) is 0 Å². The van der Waals surface area contributed by atoms with Crippen molar-refractivity contribution in [3.8, 4) is 0 Å². The fraction of sp³-hybridized carbons (Fsp3) is 0.304. The Morgan fingerprint density at radius 3 is 2.83 bits per heavy atom. The summed E-state index contributed by atoms with van der Waals surface area (Å²) in [5.74, 6) is 1.68. The van der Waals surface area contributed by atoms with E-state index in [4.69, 9.17) is 16.6 Å². The van der Waals surface area contributed by atoms with Gasteiger partial charge in [-0.05, 0) is 49.1 Å². The molecule has 5 rings (SSSR count). The predicted molar refractivity (Wildman–Crippen MR) is 116 cm³/mol. The van der Waals surface area contributed by atoms with Crippen molar-refractivity contribution in [2.45, 2.75) is 32.7 Å². The summed E-state index contributed by atoms with van der Waals surface area (Å²) < 4.78 is 14.3. The van der Waals surface area contributed by atoms with Crippen LogP contribution in [0.1, 0.15) is 43.0 Å². The highest BCUT2D eigenvalue weighted by Gasteiger charge is 2.37. The molecule has 0 bridgehead atoms. The minimum atomic E-state index is -0.157. The first-order valence-electron chi connectivity index (χ1n) is 10.1. The van der Waals surface area contributed by atoms with Crippen LogP contribution >= 0.6 is 11.6 Å². The molecule has 30 heavy (non-hydrogen) atoms. The van der Waals surface area contributed by atoms with Gasteiger partial charge < -0.3 is 9.88 Å². The number of H-pyrrole nitrogens is 1. The zero-order valence-corrected chi connectivity index (χ0v) is 17.6. The molecule has 7 heteroatoms. The van der Waals surface area contributed by atoms with Crippen molar-refractivity contribution < 1.29 is 4.39 Å². The summed E-state index contributed by atoms with van der Waals surface area (Å²) in [4.78, 5) is 19.4. The van der Waals surface area contributed by atoms with Crippen LogP contribution in [0.5, 0.6) is 0 Å². The Morgan fingerprint density at radius 1 is 1.23 bits per heavy atom. The molecule has 0 amide bonds. The summed E-state index contributed by atoms with van der Waals surface area (Å²) >= 11 is 6.30. The van der Waals surface area contributed by atoms with E-state index in [0.717, 1.165) is 46.7 Å². The van der Waals surface area contributed by atoms with Gasteiger partial charge in [-0.1, -0.05) is 18.5 Å². The summed E-state index contributed by atoms with van der Waals surface area (Å²) in [7, 11) is 0. The largest absolute Gasteiger partial charge is 0.361 e. The number of nitrogens with zero attached hydrogens (tertiary/aromatic N) is 4. The Hall–Kier alpha value is -2.73. The smallest absolute Gasteiger partial charge is 0.157 e. The predicted octanol–water partition coefficient (Wildman–Crippen LogP) is 5.57. The van der Waals surface area contributed by atoms with Crippen molar-refractivity contribution in [3.63, 3.8) is 0 Å². The first-order valence-corrected chi connectivity index (χ1v) is 10.5. The highest BCUT2D eigenvalue weighted by atomic mass is 35.5. The first kappa shape index (κ1) is 19.2. The maximum Gasteiger partial charge on any atom is 0.157 e. The molecule has 1 N–H and O–H groups in total. The molecule has 0 saturated carbocycles. The zero-order chi connectivity index (χ0) is 20.8. The molecule has 3 heterocycles. The lowest BCUT2D eigenvalue weighted by Gasteiger charge is -2.31. The van der Waals surface area contributed by atoms with Crippen LogP contribution in [-0.2, 0) is 0 Å². The van der Waals surface area contributed by atoms with Crippen molar-refractivity contribution in [1.29, 1.82) is 0 Å². The molecule has 2 aromatic heterocycles. The number of allylic oxidation sites excluding steroid dienone is 3. The Balaban J connectivity index is 1.61. The molecule has 0 unspecified atom stereocenters. The average Bonchev–Trinajstić information content (AvgIpc) is 3.31. The van der Waals surface area contributed by atoms with Crippen LogP contribution in [0.25, 0.3) is 16.6 Å². The lowest BCUT2D eigenvalue weighted by atomic mass is 9.97. The number of nitrogens with one attached hydrogen (secondary N) is 1. The van der Waals surface area contributed by atoms with Gasteiger partial charge in [0.2, 0.25) is 0 Å². The van der Waals surface area contributed by atoms with E-state index in [9.17, 15) is 4.39 Å². The second-order valence-electron chi connectivity index (χ2n) is 8.02. The number of halogens is 2. The monoisotopic (exact) mass is 422 g/mol. The average molecular weight is 423 g/mol. The molecule has 1 aromatic carbocycles. The van der Waals surface area contributed by atoms with E-state index in [2.05, 4.69) is 26.8 Å². The highest BCUT2D eigenvalue weighted by molar-refractivity contribution is 6.32. The number of rotatable bonds is 3. The maximum atomic E-state index is 14.3. The highest BCUT2D eigenvalue weighted by Crippen LogP contribution is 2.43. The van der Waals surface area contributed by atoms with Crippen molar-refractivity contribution in [2.75, 3.05) is 6.54 Å². The van der Waals surface area contributed by atoms with Crippen molar-refractivity contribution in [1.82, 2.24) is 24.8 Å². The molecule has 1 radical (unpaired) electrons. The molecular formula is C23H22ClFN5. The molecule has 0 spiro atoms. The summed E-state index contributed by atoms with van der Waals surface area (Å²) in [5, 5.41) is 0.704. The van der Waals surface area contributed by atoms with E-state index in [0.29, 0.717) is 16.8 Å². The third-order valence-electron chi connectivity index (χ3n) is 5.95. The normalized spacial score (nSPS) is 22.1. The van der Waals surface area contributed by atoms with Gasteiger partial charge in [-0.2, -0.15) is 0 Å². The van der Waals surface area contributed by atoms with Crippen LogP contribution < -0.4 is 0 Å². The number of imidazole rings is 1. The number of aromatic nitrogens is 4. The van der Waals surface area contributed by atoms with Gasteiger partial charge >= 0.3 is 0 Å². The van der Waals surface area contributed by atoms with Gasteiger partial charge in [0.1, 0.15) is 11.7 Å². The molecule has 2 atom stereocenters. The van der Waals surface area contributed by atoms with Crippen molar-refractivity contribution in [2.24, 2.45) is 5.92 Å². The second kappa shape index (κ2) is 7.51. The van der Waals surface area contributed by atoms with Crippen LogP contribution in [0.3, 0.4) is 0 Å². The van der Waals surface area contributed by atoms with E-state index in [-0.39, 0.29) is 18.3 Å². The maximum absolute atomic E-state index is 14.3. The van der Waals surface area contributed by atoms with Gasteiger partial charge in [-0.15, -0.1) is 0 Å². The third-order valence-corrected chi connectivity index (χ3v) is 6.35. The van der Waals surface area contributed by atoms with E-state index in [1.165, 1.54) is 0 Å². The minimum Gasteiger partial charge on any atom is -0.361 e. The summed E-state index contributed by atoms with van der Waals surface area (Å²) in [5.41, 5.74) is 4.49. The summed E-state index contributed by atoms with van der Waals surface area (Å²) in [6.45, 7) is 5.00. The van der Waals surface area contributed by atoms with Gasteiger partial charge in [0.05, 0.1) is 17.1 Å². The quantitative estimate of drug-likeness (QED) is 0.599. The van der Waals surface area contributed by atoms with Gasteiger partial charge in [-0.3, -0.25) is 0 Å². The molecule has 1 aliphatic carbocycles. The van der Waals surface area contributed by atoms with E-state index in [1.54, 1.807) is 24.5 Å². The molecule has 5 nitrogen and oxygen atoms in total. The number of hydrogen-bond acceptors (Lipinski definition) is 4. The topological polar surface area (TPSA) is 57.7 Å². The third kappa shape index (κ3) is 3.29. The molecule has 1 fully saturated rings. The number of hydrogen-bond donors (Lipinski definition) is 1. The Kier molecular flexibility index (Phi) is 4.82. The van der Waals surface area contributed by atoms with Gasteiger partial charge in [0, 0.05) is 48.1 Å². The fourth-order valence-electron chi connectivity index (χ4n) is 4.40. The van der Waals surface area contributed by atoms with Crippen molar-refractivity contribution >= 4 is 28.2 Å². The number of aryl methyl sites for hydroxylation is 1. The molecule has 1 saturated heterocycles. The minimum absolute atomic E-state index is 0.000689. The molecule has 3 aromatic rings. The Morgan fingerprint density at radius 2 is 2.03 bits per heavy atom. The second-order valence-corrected chi connectivity index (χ2v) is 8.42. The Bertz CT molecular complexity index is 1130. The van der Waals surface area contributed by atoms with Crippen LogP contribution in [-0.4, -0.2) is 31.4 Å². The molecular weight excluding hydrogens is 401 g/mol. The van der Waals surface area contributed by atoms with Crippen molar-refractivity contribution in [3.05, 3.63) is 76.8 Å². The number of likely N-dealkylation sites (tertiary alicyclic amines) is 1. The SMILES string of the molecule is Cc1cc2[nH]c([C@@H]3[C@@H](C)CCN3C3=C(c4ncccn4)[CH]CC(F)=C3)nc2cc1Cl. The molecule has 153 valence electrons. The van der Waals surface area contributed by atoms with E-state index >= 15 is 0 Å².